The van der Waals surface area contributed by atoms with E-state index < -0.39 is 17.2 Å². The highest BCUT2D eigenvalue weighted by molar-refractivity contribution is 5.87. The highest BCUT2D eigenvalue weighted by Crippen LogP contribution is 2.41. The number of nitrogens with zero attached hydrogens (tertiary/aromatic N) is 3. The van der Waals surface area contributed by atoms with Gasteiger partial charge in [-0.1, -0.05) is 27.7 Å². The van der Waals surface area contributed by atoms with E-state index >= 15 is 0 Å². The number of nitrogens with one attached hydrogen (secondary N) is 3. The van der Waals surface area contributed by atoms with Crippen LogP contribution in [0.25, 0.3) is 21.8 Å². The maximum Gasteiger partial charge on any atom is 0.410 e. The van der Waals surface area contributed by atoms with Gasteiger partial charge in [-0.2, -0.15) is 0 Å². The number of carboxylic acids is 1. The maximum atomic E-state index is 13.9. The minimum Gasteiger partial charge on any atom is -0.481 e. The van der Waals surface area contributed by atoms with Gasteiger partial charge in [0.05, 0.1) is 12.0 Å². The van der Waals surface area contributed by atoms with Gasteiger partial charge in [-0.3, -0.25) is 9.59 Å². The van der Waals surface area contributed by atoms with Gasteiger partial charge in [0.2, 0.25) is 5.91 Å². The van der Waals surface area contributed by atoms with Crippen LogP contribution in [0.15, 0.2) is 36.4 Å². The minimum absolute atomic E-state index is 0.0164. The predicted octanol–water partition coefficient (Wildman–Crippen LogP) is 12.0. The Morgan fingerprint density at radius 3 is 1.56 bits per heavy atom. The summed E-state index contributed by atoms with van der Waals surface area (Å²) in [4.78, 5) is 61.0. The van der Waals surface area contributed by atoms with Crippen molar-refractivity contribution in [3.63, 3.8) is 0 Å². The zero-order valence-corrected chi connectivity index (χ0v) is 44.5. The molecule has 0 radical (unpaired) electrons. The Morgan fingerprint density at radius 1 is 0.676 bits per heavy atom. The Hall–Kier alpha value is -5.18. The lowest BCUT2D eigenvalue weighted by atomic mass is 9.80. The van der Waals surface area contributed by atoms with Crippen LogP contribution in [0, 0.1) is 47.1 Å². The van der Waals surface area contributed by atoms with Crippen molar-refractivity contribution in [1.82, 2.24) is 30.0 Å². The van der Waals surface area contributed by atoms with Crippen LogP contribution < -0.4 is 5.32 Å². The molecule has 0 spiro atoms. The Bertz CT molecular complexity index is 2470. The summed E-state index contributed by atoms with van der Waals surface area (Å²) in [5, 5.41) is 14.4. The average molecular weight is 989 g/mol. The van der Waals surface area contributed by atoms with Crippen molar-refractivity contribution in [2.45, 2.75) is 157 Å². The lowest BCUT2D eigenvalue weighted by Crippen LogP contribution is -2.46. The van der Waals surface area contributed by atoms with Crippen molar-refractivity contribution in [2.75, 3.05) is 40.3 Å². The first-order valence-electron chi connectivity index (χ1n) is 26.0. The molecule has 4 heterocycles. The smallest absolute Gasteiger partial charge is 0.410 e. The maximum absolute atomic E-state index is 13.9. The first kappa shape index (κ1) is 55.1. The number of aromatic amines is 2. The average Bonchev–Trinajstić information content (AvgIpc) is 3.85. The normalized spacial score (nSPS) is 22.4. The molecule has 2 aromatic heterocycles. The molecular formula is C56H82F2N6O7. The van der Waals surface area contributed by atoms with Gasteiger partial charge in [-0.25, -0.2) is 18.4 Å². The number of aromatic nitrogens is 2. The Kier molecular flexibility index (Phi) is 18.0. The SMILES string of the molecule is CC(C)C1NCCc2c1[nH]c1ccc(F)cc21.CC(C)C1c2[nH]c3ccc(F)cc3c2CCN1C(=O)C1CCC(CN(C)C(=O)OC(C)(C)C)CC1.CN(CC1CCC(C(=O)O)CC1)C(=O)OC(C)(C)C. The molecular weight excluding hydrogens is 907 g/mol. The minimum atomic E-state index is -0.695. The number of amides is 3. The fourth-order valence-electron chi connectivity index (χ4n) is 11.1. The molecule has 2 aliphatic carbocycles. The molecule has 3 amide bonds. The molecule has 392 valence electrons. The zero-order valence-electron chi connectivity index (χ0n) is 44.5. The predicted molar refractivity (Wildman–Crippen MR) is 275 cm³/mol. The summed E-state index contributed by atoms with van der Waals surface area (Å²) in [7, 11) is 3.52. The quantitative estimate of drug-likeness (QED) is 0.136. The van der Waals surface area contributed by atoms with Crippen molar-refractivity contribution >= 4 is 45.9 Å². The topological polar surface area (TPSA) is 160 Å². The van der Waals surface area contributed by atoms with E-state index in [-0.39, 0.29) is 53.5 Å². The third-order valence-corrected chi connectivity index (χ3v) is 14.5. The number of halogens is 2. The van der Waals surface area contributed by atoms with E-state index in [1.165, 1.54) is 23.4 Å². The third-order valence-electron chi connectivity index (χ3n) is 14.5. The van der Waals surface area contributed by atoms with Crippen LogP contribution in [0.1, 0.15) is 155 Å². The molecule has 4 N–H and O–H groups in total. The second-order valence-corrected chi connectivity index (χ2v) is 23.3. The zero-order chi connectivity index (χ0) is 52.1. The number of carbonyl (C=O) groups excluding carboxylic acids is 3. The number of benzene rings is 2. The summed E-state index contributed by atoms with van der Waals surface area (Å²) in [6.45, 7) is 22.8. The summed E-state index contributed by atoms with van der Waals surface area (Å²) in [5.41, 5.74) is 5.74. The van der Waals surface area contributed by atoms with Crippen LogP contribution in [0.2, 0.25) is 0 Å². The van der Waals surface area contributed by atoms with Crippen molar-refractivity contribution in [2.24, 2.45) is 35.5 Å². The molecule has 8 rings (SSSR count). The van der Waals surface area contributed by atoms with E-state index in [0.717, 1.165) is 91.0 Å². The number of hydrogen-bond acceptors (Lipinski definition) is 7. The Balaban J connectivity index is 0.000000192. The number of carboxylic acid groups (broad SMARTS) is 1. The summed E-state index contributed by atoms with van der Waals surface area (Å²) < 4.78 is 38.0. The summed E-state index contributed by atoms with van der Waals surface area (Å²) in [6.07, 6.45) is 7.81. The number of rotatable bonds is 8. The van der Waals surface area contributed by atoms with Crippen LogP contribution in [0.5, 0.6) is 0 Å². The largest absolute Gasteiger partial charge is 0.481 e. The number of carbonyl (C=O) groups is 4. The van der Waals surface area contributed by atoms with Crippen molar-refractivity contribution in [3.8, 4) is 0 Å². The van der Waals surface area contributed by atoms with Crippen molar-refractivity contribution in [1.29, 1.82) is 0 Å². The molecule has 2 saturated carbocycles. The molecule has 4 aliphatic rings. The standard InChI is InChI=1S/C28H40FN3O3.C14H17FN2.C14H25NO4/c1-17(2)25-24-21(22-15-20(29)11-12-23(22)30-24)13-14-32(25)26(33)19-9-7-18(8-10-19)16-31(6)27(34)35-28(3,4)5;1-8(2)13-14-10(5-6-16-13)11-7-9(15)3-4-12(11)17-14;1-14(2,3)19-13(18)15(4)9-10-5-7-11(8-6-10)12(16)17/h11-12,15,17-19,25,30H,7-10,13-14,16H2,1-6H3;3-4,7-8,13,16-17H,5-6H2,1-2H3;10-11H,5-9H2,1-4H3,(H,16,17). The molecule has 2 atom stereocenters. The number of aliphatic carboxylic acids is 1. The molecule has 2 aromatic carbocycles. The Labute approximate surface area is 420 Å². The lowest BCUT2D eigenvalue weighted by Gasteiger charge is -2.41. The van der Waals surface area contributed by atoms with Gasteiger partial charge in [0.25, 0.3) is 0 Å². The van der Waals surface area contributed by atoms with Gasteiger partial charge in [0, 0.05) is 78.9 Å². The highest BCUT2D eigenvalue weighted by Gasteiger charge is 2.39. The number of H-pyrrole nitrogens is 2. The lowest BCUT2D eigenvalue weighted by molar-refractivity contribution is -0.143. The van der Waals surface area contributed by atoms with Gasteiger partial charge in [0.15, 0.2) is 0 Å². The fraction of sp³-hybridized carbons (Fsp3) is 0.643. The summed E-state index contributed by atoms with van der Waals surface area (Å²) in [5.74, 6) is 0.513. The van der Waals surface area contributed by atoms with Crippen LogP contribution in [-0.4, -0.2) is 105 Å². The van der Waals surface area contributed by atoms with Crippen molar-refractivity contribution < 1.29 is 42.5 Å². The first-order valence-corrected chi connectivity index (χ1v) is 26.0. The van der Waals surface area contributed by atoms with Crippen LogP contribution in [0.4, 0.5) is 18.4 Å². The van der Waals surface area contributed by atoms with Crippen LogP contribution in [-0.2, 0) is 31.9 Å². The van der Waals surface area contributed by atoms with Crippen molar-refractivity contribution in [3.05, 3.63) is 70.5 Å². The monoisotopic (exact) mass is 989 g/mol. The van der Waals surface area contributed by atoms with E-state index in [9.17, 15) is 28.0 Å². The van der Waals surface area contributed by atoms with E-state index in [2.05, 4.69) is 47.9 Å². The second-order valence-electron chi connectivity index (χ2n) is 23.3. The van der Waals surface area contributed by atoms with Gasteiger partial charge < -0.3 is 44.6 Å². The van der Waals surface area contributed by atoms with Gasteiger partial charge in [-0.15, -0.1) is 0 Å². The highest BCUT2D eigenvalue weighted by atomic mass is 19.1. The van der Waals surface area contributed by atoms with E-state index in [0.29, 0.717) is 56.3 Å². The van der Waals surface area contributed by atoms with Gasteiger partial charge in [-0.05, 0) is 183 Å². The first-order chi connectivity index (χ1) is 33.3. The van der Waals surface area contributed by atoms with E-state index in [1.807, 2.05) is 47.6 Å². The molecule has 4 aromatic rings. The molecule has 71 heavy (non-hydrogen) atoms. The molecule has 2 unspecified atom stereocenters. The summed E-state index contributed by atoms with van der Waals surface area (Å²) >= 11 is 0. The molecule has 0 bridgehead atoms. The number of ether oxygens (including phenoxy) is 2. The third kappa shape index (κ3) is 14.3. The second kappa shape index (κ2) is 23.1. The number of fused-ring (bicyclic) bond motifs is 6. The molecule has 13 nitrogen and oxygen atoms in total. The van der Waals surface area contributed by atoms with Crippen LogP contribution in [0.3, 0.4) is 0 Å². The number of hydrogen-bond donors (Lipinski definition) is 4. The van der Waals surface area contributed by atoms with Gasteiger partial charge >= 0.3 is 18.2 Å². The molecule has 15 heteroatoms. The van der Waals surface area contributed by atoms with E-state index in [4.69, 9.17) is 14.6 Å². The Morgan fingerprint density at radius 2 is 1.13 bits per heavy atom. The molecule has 2 aliphatic heterocycles. The summed E-state index contributed by atoms with van der Waals surface area (Å²) in [6, 6.07) is 10.2. The molecule has 0 saturated heterocycles. The van der Waals surface area contributed by atoms with E-state index in [1.54, 1.807) is 42.1 Å². The van der Waals surface area contributed by atoms with Gasteiger partial charge in [0.1, 0.15) is 22.8 Å². The van der Waals surface area contributed by atoms with Crippen LogP contribution >= 0.6 is 0 Å². The molecule has 2 fully saturated rings. The fourth-order valence-corrected chi connectivity index (χ4v) is 11.1.